The van der Waals surface area contributed by atoms with Gasteiger partial charge in [0.05, 0.1) is 13.2 Å². The van der Waals surface area contributed by atoms with E-state index in [4.69, 9.17) is 4.74 Å². The molecule has 0 unspecified atom stereocenters. The number of anilines is 1. The third kappa shape index (κ3) is 3.01. The molecule has 2 aromatic rings. The van der Waals surface area contributed by atoms with Gasteiger partial charge in [0.1, 0.15) is 10.7 Å². The predicted octanol–water partition coefficient (Wildman–Crippen LogP) is 2.40. The highest BCUT2D eigenvalue weighted by Crippen LogP contribution is 2.17. The Morgan fingerprint density at radius 2 is 2.44 bits per heavy atom. The van der Waals surface area contributed by atoms with Crippen LogP contribution in [0.25, 0.3) is 0 Å². The summed E-state index contributed by atoms with van der Waals surface area (Å²) in [5.74, 6) is 0. The number of ether oxygens (including phenoxy) is 1. The van der Waals surface area contributed by atoms with Gasteiger partial charge in [-0.1, -0.05) is 10.6 Å². The first-order valence-electron chi connectivity index (χ1n) is 4.99. The van der Waals surface area contributed by atoms with Gasteiger partial charge in [-0.2, -0.15) is 0 Å². The van der Waals surface area contributed by atoms with Crippen molar-refractivity contribution in [3.63, 3.8) is 0 Å². The molecule has 1 N–H and O–H groups in total. The van der Waals surface area contributed by atoms with E-state index >= 15 is 0 Å². The first-order valence-corrected chi connectivity index (χ1v) is 6.64. The molecule has 0 bridgehead atoms. The first kappa shape index (κ1) is 11.5. The summed E-state index contributed by atoms with van der Waals surface area (Å²) < 4.78 is 9.44. The summed E-state index contributed by atoms with van der Waals surface area (Å²) in [7, 11) is 1.87. The predicted molar refractivity (Wildman–Crippen MR) is 67.1 cm³/mol. The zero-order valence-electron chi connectivity index (χ0n) is 8.97. The maximum absolute atomic E-state index is 5.56. The van der Waals surface area contributed by atoms with E-state index in [-0.39, 0.29) is 0 Å². The Labute approximate surface area is 102 Å². The lowest BCUT2D eigenvalue weighted by Gasteiger charge is -2.02. The van der Waals surface area contributed by atoms with Crippen LogP contribution in [0.3, 0.4) is 0 Å². The number of thiophene rings is 1. The van der Waals surface area contributed by atoms with Crippen LogP contribution < -0.4 is 5.32 Å². The molecule has 0 aromatic carbocycles. The Morgan fingerprint density at radius 1 is 1.50 bits per heavy atom. The van der Waals surface area contributed by atoms with E-state index in [2.05, 4.69) is 32.4 Å². The molecule has 2 aromatic heterocycles. The maximum Gasteiger partial charge on any atom is 0.135 e. The molecular weight excluding hydrogens is 242 g/mol. The van der Waals surface area contributed by atoms with Gasteiger partial charge in [-0.25, -0.2) is 0 Å². The first-order chi connectivity index (χ1) is 7.90. The van der Waals surface area contributed by atoms with Crippen molar-refractivity contribution in [3.05, 3.63) is 28.1 Å². The molecule has 0 atom stereocenters. The molecule has 2 heterocycles. The molecule has 4 nitrogen and oxygen atoms in total. The summed E-state index contributed by atoms with van der Waals surface area (Å²) in [5.41, 5.74) is 0.888. The standard InChI is InChI=1S/C10H13N3OS2/c1-11-10-9(12-13-16-10)7-14-5-4-8-3-2-6-15-8/h2-3,6,11H,4-5,7H2,1H3. The minimum absolute atomic E-state index is 0.526. The SMILES string of the molecule is CNc1snnc1COCCc1cccs1. The van der Waals surface area contributed by atoms with Crippen LogP contribution in [0.5, 0.6) is 0 Å². The second kappa shape index (κ2) is 5.93. The van der Waals surface area contributed by atoms with Gasteiger partial charge in [-0.3, -0.25) is 0 Å². The quantitative estimate of drug-likeness (QED) is 0.805. The van der Waals surface area contributed by atoms with Crippen molar-refractivity contribution in [1.29, 1.82) is 0 Å². The summed E-state index contributed by atoms with van der Waals surface area (Å²) in [5, 5.41) is 10.1. The minimum atomic E-state index is 0.526. The van der Waals surface area contributed by atoms with Crippen molar-refractivity contribution in [2.75, 3.05) is 19.0 Å². The van der Waals surface area contributed by atoms with Crippen LogP contribution >= 0.6 is 22.9 Å². The van der Waals surface area contributed by atoms with Gasteiger partial charge in [0, 0.05) is 29.9 Å². The number of hydrogen-bond acceptors (Lipinski definition) is 6. The number of aromatic nitrogens is 2. The van der Waals surface area contributed by atoms with E-state index in [0.29, 0.717) is 6.61 Å². The Balaban J connectivity index is 1.72. The third-order valence-electron chi connectivity index (χ3n) is 2.09. The molecule has 0 amide bonds. The number of nitrogens with one attached hydrogen (secondary N) is 1. The number of nitrogens with zero attached hydrogens (tertiary/aromatic N) is 2. The average molecular weight is 255 g/mol. The monoisotopic (exact) mass is 255 g/mol. The van der Waals surface area contributed by atoms with Gasteiger partial charge in [-0.15, -0.1) is 16.4 Å². The van der Waals surface area contributed by atoms with Crippen LogP contribution in [0.1, 0.15) is 10.6 Å². The smallest absolute Gasteiger partial charge is 0.135 e. The normalized spacial score (nSPS) is 10.6. The lowest BCUT2D eigenvalue weighted by atomic mass is 10.4. The third-order valence-corrected chi connectivity index (χ3v) is 3.82. The molecule has 0 aliphatic rings. The van der Waals surface area contributed by atoms with E-state index in [1.54, 1.807) is 11.3 Å². The van der Waals surface area contributed by atoms with Crippen molar-refractivity contribution in [2.24, 2.45) is 0 Å². The van der Waals surface area contributed by atoms with Crippen molar-refractivity contribution in [3.8, 4) is 0 Å². The van der Waals surface area contributed by atoms with Crippen molar-refractivity contribution in [1.82, 2.24) is 9.59 Å². The Morgan fingerprint density at radius 3 is 3.19 bits per heavy atom. The van der Waals surface area contributed by atoms with Crippen LogP contribution in [0.4, 0.5) is 5.00 Å². The van der Waals surface area contributed by atoms with Crippen LogP contribution in [-0.2, 0) is 17.8 Å². The fraction of sp³-hybridized carbons (Fsp3) is 0.400. The van der Waals surface area contributed by atoms with Crippen LogP contribution in [0, 0.1) is 0 Å². The van der Waals surface area contributed by atoms with E-state index in [0.717, 1.165) is 23.7 Å². The Kier molecular flexibility index (Phi) is 4.26. The summed E-state index contributed by atoms with van der Waals surface area (Å²) in [6.45, 7) is 1.25. The van der Waals surface area contributed by atoms with Crippen LogP contribution in [0.2, 0.25) is 0 Å². The van der Waals surface area contributed by atoms with Crippen molar-refractivity contribution in [2.45, 2.75) is 13.0 Å². The molecule has 16 heavy (non-hydrogen) atoms. The summed E-state index contributed by atoms with van der Waals surface area (Å²) in [6, 6.07) is 4.18. The highest BCUT2D eigenvalue weighted by Gasteiger charge is 2.05. The molecular formula is C10H13N3OS2. The fourth-order valence-electron chi connectivity index (χ4n) is 1.29. The molecule has 0 saturated carbocycles. The molecule has 0 aliphatic carbocycles. The second-order valence-electron chi connectivity index (χ2n) is 3.18. The van der Waals surface area contributed by atoms with Gasteiger partial charge in [0.15, 0.2) is 0 Å². The zero-order valence-corrected chi connectivity index (χ0v) is 10.6. The van der Waals surface area contributed by atoms with E-state index in [1.165, 1.54) is 16.4 Å². The minimum Gasteiger partial charge on any atom is -0.377 e. The molecule has 0 spiro atoms. The van der Waals surface area contributed by atoms with Gasteiger partial charge < -0.3 is 10.1 Å². The largest absolute Gasteiger partial charge is 0.377 e. The van der Waals surface area contributed by atoms with E-state index in [9.17, 15) is 0 Å². The molecule has 0 saturated heterocycles. The molecule has 0 aliphatic heterocycles. The highest BCUT2D eigenvalue weighted by atomic mass is 32.1. The lowest BCUT2D eigenvalue weighted by molar-refractivity contribution is 0.122. The Hall–Kier alpha value is -0.980. The zero-order chi connectivity index (χ0) is 11.2. The molecule has 86 valence electrons. The molecule has 0 fully saturated rings. The van der Waals surface area contributed by atoms with E-state index < -0.39 is 0 Å². The Bertz CT molecular complexity index is 413. The number of rotatable bonds is 6. The van der Waals surface area contributed by atoms with Gasteiger partial charge in [0.25, 0.3) is 0 Å². The average Bonchev–Trinajstić information content (AvgIpc) is 2.95. The van der Waals surface area contributed by atoms with Crippen molar-refractivity contribution >= 4 is 27.9 Å². The molecule has 2 rings (SSSR count). The van der Waals surface area contributed by atoms with Gasteiger partial charge in [0.2, 0.25) is 0 Å². The van der Waals surface area contributed by atoms with E-state index in [1.807, 2.05) is 7.05 Å². The summed E-state index contributed by atoms with van der Waals surface area (Å²) >= 11 is 3.12. The second-order valence-corrected chi connectivity index (χ2v) is 4.97. The fourth-order valence-corrected chi connectivity index (χ4v) is 2.50. The lowest BCUT2D eigenvalue weighted by Crippen LogP contribution is -2.00. The van der Waals surface area contributed by atoms with Crippen LogP contribution in [-0.4, -0.2) is 23.2 Å². The van der Waals surface area contributed by atoms with Crippen LogP contribution in [0.15, 0.2) is 17.5 Å². The molecule has 0 radical (unpaired) electrons. The van der Waals surface area contributed by atoms with Gasteiger partial charge in [-0.05, 0) is 11.4 Å². The topological polar surface area (TPSA) is 47.0 Å². The number of hydrogen-bond donors (Lipinski definition) is 1. The van der Waals surface area contributed by atoms with Gasteiger partial charge >= 0.3 is 0 Å². The molecule has 6 heteroatoms. The highest BCUT2D eigenvalue weighted by molar-refractivity contribution is 7.10. The van der Waals surface area contributed by atoms with Crippen molar-refractivity contribution < 1.29 is 4.74 Å². The summed E-state index contributed by atoms with van der Waals surface area (Å²) in [6.07, 6.45) is 0.962. The maximum atomic E-state index is 5.56. The summed E-state index contributed by atoms with van der Waals surface area (Å²) in [4.78, 5) is 1.35.